The molecule has 2 aromatic rings. The Hall–Kier alpha value is -2.45. The lowest BCUT2D eigenvalue weighted by Gasteiger charge is -2.16. The number of nitroso groups, excluding NO2 is 1. The summed E-state index contributed by atoms with van der Waals surface area (Å²) >= 11 is 0. The minimum Gasteiger partial charge on any atom is -0.384 e. The van der Waals surface area contributed by atoms with Crippen molar-refractivity contribution in [2.45, 2.75) is 13.0 Å². The molecule has 0 radical (unpaired) electrons. The van der Waals surface area contributed by atoms with Gasteiger partial charge in [0.05, 0.1) is 0 Å². The van der Waals surface area contributed by atoms with Crippen LogP contribution in [0.1, 0.15) is 24.4 Å². The maximum absolute atomic E-state index is 12.3. The number of imidazole rings is 1. The number of benzene rings is 1. The van der Waals surface area contributed by atoms with E-state index in [0.717, 1.165) is 16.1 Å². The fourth-order valence-electron chi connectivity index (χ4n) is 2.34. The molecule has 5 nitrogen and oxygen atoms in total. The molecule has 1 aromatic carbocycles. The molecule has 0 saturated carbocycles. The van der Waals surface area contributed by atoms with E-state index in [0.29, 0.717) is 11.4 Å². The van der Waals surface area contributed by atoms with Crippen molar-refractivity contribution in [3.63, 3.8) is 0 Å². The molecule has 1 N–H and O–H groups in total. The van der Waals surface area contributed by atoms with Gasteiger partial charge in [-0.05, 0) is 12.0 Å². The van der Waals surface area contributed by atoms with Gasteiger partial charge in [0.1, 0.15) is 30.0 Å². The highest BCUT2D eigenvalue weighted by molar-refractivity contribution is 5.56. The Morgan fingerprint density at radius 3 is 3.05 bits per heavy atom. The van der Waals surface area contributed by atoms with E-state index in [1.165, 1.54) is 0 Å². The number of hydrogen-bond acceptors (Lipinski definition) is 3. The number of nitrogens with zero attached hydrogens (tertiary/aromatic N) is 3. The van der Waals surface area contributed by atoms with Crippen LogP contribution in [0.4, 0.5) is 5.69 Å². The van der Waals surface area contributed by atoms with Crippen LogP contribution < -0.4 is 0 Å². The van der Waals surface area contributed by atoms with Gasteiger partial charge in [0.2, 0.25) is 6.04 Å². The molecular formula is C14H12N3O2+. The Balaban J connectivity index is 2.26. The molecule has 0 aliphatic carbocycles. The van der Waals surface area contributed by atoms with Crippen LogP contribution in [-0.2, 0) is 0 Å². The number of rotatable bonds is 0. The lowest BCUT2D eigenvalue weighted by Crippen LogP contribution is -2.20. The fraction of sp³-hybridized carbons (Fsp3) is 0.214. The van der Waals surface area contributed by atoms with Gasteiger partial charge >= 0.3 is 0 Å². The van der Waals surface area contributed by atoms with E-state index in [1.54, 1.807) is 12.4 Å². The molecule has 5 heteroatoms. The number of aliphatic hydroxyl groups excluding tert-OH is 1. The number of fused-ring (bicyclic) bond motifs is 3. The molecule has 0 spiro atoms. The van der Waals surface area contributed by atoms with Crippen molar-refractivity contribution in [1.82, 2.24) is 9.55 Å². The van der Waals surface area contributed by atoms with E-state index in [1.807, 2.05) is 29.7 Å². The smallest absolute Gasteiger partial charge is 0.280 e. The van der Waals surface area contributed by atoms with Gasteiger partial charge in [-0.2, -0.15) is 0 Å². The highest BCUT2D eigenvalue weighted by atomic mass is 16.3. The first-order chi connectivity index (χ1) is 9.24. The summed E-state index contributed by atoms with van der Waals surface area (Å²) in [5.41, 5.74) is 2.73. The molecule has 0 saturated heterocycles. The zero-order valence-corrected chi connectivity index (χ0v) is 10.4. The van der Waals surface area contributed by atoms with Crippen LogP contribution in [0.25, 0.3) is 5.69 Å². The Morgan fingerprint density at radius 1 is 1.47 bits per heavy atom. The normalized spacial score (nSPS) is 16.3. The van der Waals surface area contributed by atoms with Crippen molar-refractivity contribution in [2.75, 3.05) is 6.61 Å². The van der Waals surface area contributed by atoms with E-state index in [-0.39, 0.29) is 12.6 Å². The second-order valence-electron chi connectivity index (χ2n) is 4.30. The van der Waals surface area contributed by atoms with Crippen molar-refractivity contribution in [3.8, 4) is 17.5 Å². The van der Waals surface area contributed by atoms with Gasteiger partial charge in [-0.1, -0.05) is 18.1 Å². The molecule has 0 bridgehead atoms. The second-order valence-corrected chi connectivity index (χ2v) is 4.30. The van der Waals surface area contributed by atoms with Gasteiger partial charge in [0, 0.05) is 22.7 Å². The third-order valence-electron chi connectivity index (χ3n) is 3.22. The number of aromatic nitrogens is 2. The van der Waals surface area contributed by atoms with Gasteiger partial charge in [0.25, 0.3) is 5.69 Å². The van der Waals surface area contributed by atoms with Crippen LogP contribution in [0, 0.1) is 16.7 Å². The van der Waals surface area contributed by atoms with Crippen molar-refractivity contribution >= 4 is 5.69 Å². The van der Waals surface area contributed by atoms with Crippen molar-refractivity contribution in [2.24, 2.45) is 0 Å². The fourth-order valence-corrected chi connectivity index (χ4v) is 2.34. The number of para-hydroxylation sites is 2. The Morgan fingerprint density at radius 2 is 2.26 bits per heavy atom. The summed E-state index contributed by atoms with van der Waals surface area (Å²) in [4.78, 5) is 16.5. The maximum atomic E-state index is 12.3. The Labute approximate surface area is 110 Å². The predicted molar refractivity (Wildman–Crippen MR) is 69.2 cm³/mol. The molecule has 1 aliphatic heterocycles. The topological polar surface area (TPSA) is 58.1 Å². The van der Waals surface area contributed by atoms with E-state index < -0.39 is 0 Å². The quantitative estimate of drug-likeness (QED) is 0.575. The summed E-state index contributed by atoms with van der Waals surface area (Å²) in [7, 11) is 0. The highest BCUT2D eigenvalue weighted by Crippen LogP contribution is 2.37. The number of hydrogen-bond donors (Lipinski definition) is 1. The second kappa shape index (κ2) is 4.34. The van der Waals surface area contributed by atoms with Crippen molar-refractivity contribution in [1.29, 1.82) is 0 Å². The molecule has 0 amide bonds. The van der Waals surface area contributed by atoms with Crippen LogP contribution in [0.15, 0.2) is 30.6 Å². The predicted octanol–water partition coefficient (Wildman–Crippen LogP) is 1.70. The van der Waals surface area contributed by atoms with E-state index in [9.17, 15) is 4.91 Å². The van der Waals surface area contributed by atoms with Gasteiger partial charge in [-0.3, -0.25) is 4.57 Å². The minimum atomic E-state index is -0.361. The molecular weight excluding hydrogens is 242 g/mol. The Bertz CT molecular complexity index is 722. The third kappa shape index (κ3) is 1.65. The molecule has 1 atom stereocenters. The van der Waals surface area contributed by atoms with Crippen LogP contribution in [0.2, 0.25) is 0 Å². The van der Waals surface area contributed by atoms with Gasteiger partial charge in [-0.15, -0.1) is 0 Å². The van der Waals surface area contributed by atoms with Crippen molar-refractivity contribution in [3.05, 3.63) is 46.9 Å². The summed E-state index contributed by atoms with van der Waals surface area (Å²) in [5, 5.41) is 8.76. The average Bonchev–Trinajstić information content (AvgIpc) is 2.86. The summed E-state index contributed by atoms with van der Waals surface area (Å²) < 4.78 is 2.85. The van der Waals surface area contributed by atoms with Gasteiger partial charge < -0.3 is 5.11 Å². The largest absolute Gasteiger partial charge is 0.384 e. The molecule has 1 aromatic heterocycles. The zero-order chi connectivity index (χ0) is 13.4. The zero-order valence-electron chi connectivity index (χ0n) is 10.4. The summed E-state index contributed by atoms with van der Waals surface area (Å²) in [6.45, 7) is 1.60. The maximum Gasteiger partial charge on any atom is 0.280 e. The lowest BCUT2D eigenvalue weighted by atomic mass is 10.1. The molecule has 1 unspecified atom stereocenters. The molecule has 19 heavy (non-hydrogen) atoms. The lowest BCUT2D eigenvalue weighted by molar-refractivity contribution is -0.511. The standard InChI is InChI=1S/C14H12N3O2/c1-10-14-11(5-4-8-18)15-9-16(14)12-6-2-3-7-13(12)17(10)19/h2-3,6-7,9-10,18H,8H2,1H3/q+1. The first-order valence-corrected chi connectivity index (χ1v) is 5.96. The van der Waals surface area contributed by atoms with E-state index >= 15 is 0 Å². The van der Waals surface area contributed by atoms with E-state index in [4.69, 9.17) is 5.11 Å². The summed E-state index contributed by atoms with van der Waals surface area (Å²) in [5.74, 6) is 5.36. The third-order valence-corrected chi connectivity index (χ3v) is 3.22. The molecule has 94 valence electrons. The SMILES string of the molecule is CC1c2c(C#CCO)ncn2-c2ccccc2[N+]1=O. The van der Waals surface area contributed by atoms with Crippen LogP contribution in [0.5, 0.6) is 0 Å². The van der Waals surface area contributed by atoms with Crippen LogP contribution in [-0.4, -0.2) is 26.0 Å². The van der Waals surface area contributed by atoms with Crippen LogP contribution >= 0.6 is 0 Å². The van der Waals surface area contributed by atoms with Crippen molar-refractivity contribution < 1.29 is 9.87 Å². The monoisotopic (exact) mass is 254 g/mol. The first-order valence-electron chi connectivity index (χ1n) is 5.96. The van der Waals surface area contributed by atoms with E-state index in [2.05, 4.69) is 16.8 Å². The first kappa shape index (κ1) is 11.6. The molecule has 1 aliphatic rings. The summed E-state index contributed by atoms with van der Waals surface area (Å²) in [6, 6.07) is 7.03. The van der Waals surface area contributed by atoms with Gasteiger partial charge in [0.15, 0.2) is 0 Å². The highest BCUT2D eigenvalue weighted by Gasteiger charge is 2.38. The molecule has 0 fully saturated rings. The minimum absolute atomic E-state index is 0.224. The molecule has 3 rings (SSSR count). The average molecular weight is 254 g/mol. The molecule has 2 heterocycles. The van der Waals surface area contributed by atoms with Crippen LogP contribution in [0.3, 0.4) is 0 Å². The number of aliphatic hydroxyl groups is 1. The summed E-state index contributed by atoms with van der Waals surface area (Å²) in [6.07, 6.45) is 1.67. The Kier molecular flexibility index (Phi) is 2.65. The van der Waals surface area contributed by atoms with Gasteiger partial charge in [-0.25, -0.2) is 4.98 Å².